The number of piperidine rings is 1. The van der Waals surface area contributed by atoms with E-state index in [1.54, 1.807) is 6.07 Å². The lowest BCUT2D eigenvalue weighted by atomic mass is 9.91. The fourth-order valence-corrected chi connectivity index (χ4v) is 6.05. The van der Waals surface area contributed by atoms with Gasteiger partial charge in [0.05, 0.1) is 4.34 Å². The van der Waals surface area contributed by atoms with Crippen LogP contribution in [0.2, 0.25) is 4.34 Å². The molecule has 0 N–H and O–H groups in total. The first kappa shape index (κ1) is 17.6. The monoisotopic (exact) mass is 383 g/mol. The predicted octanol–water partition coefficient (Wildman–Crippen LogP) is 3.99. The number of nitrogens with zero attached hydrogens (tertiary/aromatic N) is 1. The number of ketones is 1. The van der Waals surface area contributed by atoms with E-state index in [9.17, 15) is 13.2 Å². The highest BCUT2D eigenvalue weighted by Gasteiger charge is 2.34. The Morgan fingerprint density at radius 1 is 1.21 bits per heavy atom. The van der Waals surface area contributed by atoms with Gasteiger partial charge >= 0.3 is 0 Å². The second-order valence-electron chi connectivity index (χ2n) is 5.99. The molecular weight excluding hydrogens is 366 g/mol. The third kappa shape index (κ3) is 3.57. The van der Waals surface area contributed by atoms with Gasteiger partial charge in [0.2, 0.25) is 0 Å². The second kappa shape index (κ2) is 6.96. The van der Waals surface area contributed by atoms with E-state index in [2.05, 4.69) is 0 Å². The molecule has 1 unspecified atom stereocenters. The van der Waals surface area contributed by atoms with Crippen LogP contribution in [0.25, 0.3) is 0 Å². The van der Waals surface area contributed by atoms with Gasteiger partial charge < -0.3 is 0 Å². The summed E-state index contributed by atoms with van der Waals surface area (Å²) in [4.78, 5) is 12.7. The summed E-state index contributed by atoms with van der Waals surface area (Å²) in [5.41, 5.74) is 1.73. The van der Waals surface area contributed by atoms with Crippen LogP contribution < -0.4 is 0 Å². The van der Waals surface area contributed by atoms with Crippen LogP contribution in [0.1, 0.15) is 28.8 Å². The van der Waals surface area contributed by atoms with Crippen molar-refractivity contribution in [3.8, 4) is 0 Å². The van der Waals surface area contributed by atoms with Gasteiger partial charge in [-0.25, -0.2) is 8.42 Å². The minimum atomic E-state index is -3.58. The maximum absolute atomic E-state index is 12.7. The number of hydrogen-bond donors (Lipinski definition) is 0. The molecule has 7 heteroatoms. The normalized spacial score (nSPS) is 19.3. The average molecular weight is 384 g/mol. The molecule has 128 valence electrons. The van der Waals surface area contributed by atoms with Crippen molar-refractivity contribution in [3.05, 3.63) is 51.9 Å². The van der Waals surface area contributed by atoms with Gasteiger partial charge in [-0.05, 0) is 31.9 Å². The third-order valence-corrected chi connectivity index (χ3v) is 7.80. The van der Waals surface area contributed by atoms with E-state index in [0.29, 0.717) is 29.3 Å². The van der Waals surface area contributed by atoms with Crippen molar-refractivity contribution in [2.75, 3.05) is 13.1 Å². The molecule has 0 amide bonds. The highest BCUT2D eigenvalue weighted by Crippen LogP contribution is 2.31. The van der Waals surface area contributed by atoms with Crippen molar-refractivity contribution in [1.82, 2.24) is 4.31 Å². The zero-order valence-corrected chi connectivity index (χ0v) is 15.6. The molecular formula is C17H18ClNO3S2. The molecule has 1 aromatic carbocycles. The molecule has 1 aliphatic rings. The minimum absolute atomic E-state index is 0.0131. The summed E-state index contributed by atoms with van der Waals surface area (Å²) < 4.78 is 27.5. The average Bonchev–Trinajstić information content (AvgIpc) is 3.02. The molecule has 0 radical (unpaired) electrons. The van der Waals surface area contributed by atoms with Gasteiger partial charge in [-0.15, -0.1) is 11.3 Å². The van der Waals surface area contributed by atoms with Gasteiger partial charge in [0.25, 0.3) is 10.0 Å². The van der Waals surface area contributed by atoms with Gasteiger partial charge in [0.1, 0.15) is 4.21 Å². The van der Waals surface area contributed by atoms with Crippen molar-refractivity contribution in [3.63, 3.8) is 0 Å². The molecule has 4 nitrogen and oxygen atoms in total. The van der Waals surface area contributed by atoms with Crippen molar-refractivity contribution >= 4 is 38.7 Å². The largest absolute Gasteiger partial charge is 0.294 e. The highest BCUT2D eigenvalue weighted by atomic mass is 35.5. The van der Waals surface area contributed by atoms with Gasteiger partial charge in [0, 0.05) is 24.6 Å². The Kier molecular flexibility index (Phi) is 5.11. The molecule has 1 aliphatic heterocycles. The number of aryl methyl sites for hydroxylation is 1. The van der Waals surface area contributed by atoms with E-state index >= 15 is 0 Å². The standard InChI is InChI=1S/C17H18ClNO3S2/c1-12-4-6-13(7-5-12)17(20)14-3-2-10-19(11-14)24(21,22)16-9-8-15(18)23-16/h4-9,14H,2-3,10-11H2,1H3. The minimum Gasteiger partial charge on any atom is -0.294 e. The number of rotatable bonds is 4. The third-order valence-electron chi connectivity index (χ3n) is 4.23. The van der Waals surface area contributed by atoms with Crippen molar-refractivity contribution < 1.29 is 13.2 Å². The van der Waals surface area contributed by atoms with Crippen molar-refractivity contribution in [1.29, 1.82) is 0 Å². The van der Waals surface area contributed by atoms with Gasteiger partial charge in [0.15, 0.2) is 5.78 Å². The molecule has 1 saturated heterocycles. The molecule has 1 atom stereocenters. The van der Waals surface area contributed by atoms with Crippen LogP contribution in [-0.2, 0) is 10.0 Å². The van der Waals surface area contributed by atoms with Crippen LogP contribution in [0, 0.1) is 12.8 Å². The molecule has 1 aromatic heterocycles. The fraction of sp³-hybridized carbons (Fsp3) is 0.353. The van der Waals surface area contributed by atoms with Crippen LogP contribution in [0.4, 0.5) is 0 Å². The predicted molar refractivity (Wildman–Crippen MR) is 96.3 cm³/mol. The number of carbonyl (C=O) groups excluding carboxylic acids is 1. The summed E-state index contributed by atoms with van der Waals surface area (Å²) in [6, 6.07) is 10.5. The molecule has 3 rings (SSSR count). The summed E-state index contributed by atoms with van der Waals surface area (Å²) >= 11 is 6.91. The maximum Gasteiger partial charge on any atom is 0.252 e. The summed E-state index contributed by atoms with van der Waals surface area (Å²) in [5, 5.41) is 0. The lowest BCUT2D eigenvalue weighted by Crippen LogP contribution is -2.42. The molecule has 0 aliphatic carbocycles. The first-order valence-corrected chi connectivity index (χ1v) is 10.4. The van der Waals surface area contributed by atoms with Crippen LogP contribution in [-0.4, -0.2) is 31.6 Å². The van der Waals surface area contributed by atoms with Gasteiger partial charge in [-0.3, -0.25) is 4.79 Å². The number of carbonyl (C=O) groups is 1. The fourth-order valence-electron chi connectivity index (χ4n) is 2.89. The quantitative estimate of drug-likeness (QED) is 0.750. The summed E-state index contributed by atoms with van der Waals surface area (Å²) in [6.07, 6.45) is 1.39. The number of benzene rings is 1. The Balaban J connectivity index is 1.79. The van der Waals surface area contributed by atoms with Crippen LogP contribution in [0.3, 0.4) is 0 Å². The smallest absolute Gasteiger partial charge is 0.252 e. The van der Waals surface area contributed by atoms with E-state index in [-0.39, 0.29) is 22.5 Å². The van der Waals surface area contributed by atoms with Crippen molar-refractivity contribution in [2.24, 2.45) is 5.92 Å². The Morgan fingerprint density at radius 3 is 2.54 bits per heavy atom. The lowest BCUT2D eigenvalue weighted by Gasteiger charge is -2.30. The first-order chi connectivity index (χ1) is 11.4. The van der Waals surface area contributed by atoms with E-state index in [1.165, 1.54) is 10.4 Å². The topological polar surface area (TPSA) is 54.5 Å². The number of hydrogen-bond acceptors (Lipinski definition) is 4. The lowest BCUT2D eigenvalue weighted by molar-refractivity contribution is 0.0872. The molecule has 2 heterocycles. The Morgan fingerprint density at radius 2 is 1.92 bits per heavy atom. The number of Topliss-reactive ketones (excluding diaryl/α,β-unsaturated/α-hetero) is 1. The molecule has 0 saturated carbocycles. The zero-order valence-electron chi connectivity index (χ0n) is 13.2. The molecule has 0 spiro atoms. The number of halogens is 1. The van der Waals surface area contributed by atoms with Gasteiger partial charge in [-0.1, -0.05) is 41.4 Å². The van der Waals surface area contributed by atoms with Crippen LogP contribution in [0.15, 0.2) is 40.6 Å². The second-order valence-corrected chi connectivity index (χ2v) is 9.87. The first-order valence-electron chi connectivity index (χ1n) is 7.74. The van der Waals surface area contributed by atoms with E-state index in [1.807, 2.05) is 31.2 Å². The number of thiophene rings is 1. The van der Waals surface area contributed by atoms with Crippen molar-refractivity contribution in [2.45, 2.75) is 24.0 Å². The van der Waals surface area contributed by atoms with Crippen LogP contribution >= 0.6 is 22.9 Å². The Labute approximate surface area is 151 Å². The molecule has 24 heavy (non-hydrogen) atoms. The molecule has 2 aromatic rings. The maximum atomic E-state index is 12.7. The van der Waals surface area contributed by atoms with E-state index < -0.39 is 10.0 Å². The SMILES string of the molecule is Cc1ccc(C(=O)C2CCCN(S(=O)(=O)c3ccc(Cl)s3)C2)cc1. The Hall–Kier alpha value is -1.21. The van der Waals surface area contributed by atoms with Crippen LogP contribution in [0.5, 0.6) is 0 Å². The summed E-state index contributed by atoms with van der Waals surface area (Å²) in [6.45, 7) is 2.63. The Bertz CT molecular complexity index is 843. The van der Waals surface area contributed by atoms with E-state index in [4.69, 9.17) is 11.6 Å². The number of sulfonamides is 1. The summed E-state index contributed by atoms with van der Waals surface area (Å²) in [5.74, 6) is -0.286. The van der Waals surface area contributed by atoms with Gasteiger partial charge in [-0.2, -0.15) is 4.31 Å². The molecule has 1 fully saturated rings. The van der Waals surface area contributed by atoms with E-state index in [0.717, 1.165) is 16.9 Å². The summed E-state index contributed by atoms with van der Waals surface area (Å²) in [7, 11) is -3.58. The highest BCUT2D eigenvalue weighted by molar-refractivity contribution is 7.91. The zero-order chi connectivity index (χ0) is 17.3. The molecule has 0 bridgehead atoms.